The first-order chi connectivity index (χ1) is 14.6. The van der Waals surface area contributed by atoms with Gasteiger partial charge >= 0.3 is 0 Å². The van der Waals surface area contributed by atoms with Crippen LogP contribution in [0.15, 0.2) is 22.3 Å². The van der Waals surface area contributed by atoms with Crippen molar-refractivity contribution in [1.82, 2.24) is 29.9 Å². The number of hydrogen-bond donors (Lipinski definition) is 1. The summed E-state index contributed by atoms with van der Waals surface area (Å²) >= 11 is 1.48. The summed E-state index contributed by atoms with van der Waals surface area (Å²) in [5, 5.41) is 10.0. The highest BCUT2D eigenvalue weighted by Gasteiger charge is 2.25. The average Bonchev–Trinajstić information content (AvgIpc) is 3.47. The fourth-order valence-electron chi connectivity index (χ4n) is 3.84. The average molecular weight is 431 g/mol. The number of nitrogens with zero attached hydrogens (tertiary/aromatic N) is 5. The number of aromatic nitrogens is 3. The number of amides is 2. The summed E-state index contributed by atoms with van der Waals surface area (Å²) in [4.78, 5) is 46.5. The van der Waals surface area contributed by atoms with Crippen molar-refractivity contribution in [3.05, 3.63) is 33.6 Å². The maximum atomic E-state index is 12.5. The van der Waals surface area contributed by atoms with Crippen LogP contribution in [0.25, 0.3) is 10.7 Å². The lowest BCUT2D eigenvalue weighted by Crippen LogP contribution is -2.51. The Kier molecular flexibility index (Phi) is 6.53. The third-order valence-corrected chi connectivity index (χ3v) is 6.51. The molecule has 2 saturated heterocycles. The normalized spacial score (nSPS) is 17.5. The number of nitrogens with one attached hydrogen (secondary N) is 1. The zero-order valence-electron chi connectivity index (χ0n) is 16.9. The van der Waals surface area contributed by atoms with Gasteiger partial charge in [-0.25, -0.2) is 0 Å². The number of likely N-dealkylation sites (tertiary alicyclic amines) is 1. The number of aryl methyl sites for hydroxylation is 1. The lowest BCUT2D eigenvalue weighted by Gasteiger charge is -2.35. The molecule has 2 aromatic rings. The van der Waals surface area contributed by atoms with Crippen molar-refractivity contribution in [2.24, 2.45) is 0 Å². The topological polar surface area (TPSA) is 102 Å². The Bertz CT molecular complexity index is 930. The number of thiophene rings is 1. The van der Waals surface area contributed by atoms with E-state index in [2.05, 4.69) is 20.1 Å². The Morgan fingerprint density at radius 1 is 1.00 bits per heavy atom. The van der Waals surface area contributed by atoms with E-state index in [0.29, 0.717) is 38.5 Å². The minimum atomic E-state index is -0.300. The Labute approximate surface area is 178 Å². The van der Waals surface area contributed by atoms with Gasteiger partial charge in [-0.3, -0.25) is 19.3 Å². The van der Waals surface area contributed by atoms with Crippen LogP contribution in [0.1, 0.15) is 25.0 Å². The van der Waals surface area contributed by atoms with Gasteiger partial charge in [0.2, 0.25) is 11.8 Å². The van der Waals surface area contributed by atoms with Gasteiger partial charge in [-0.1, -0.05) is 6.07 Å². The zero-order chi connectivity index (χ0) is 20.9. The van der Waals surface area contributed by atoms with Gasteiger partial charge < -0.3 is 14.8 Å². The van der Waals surface area contributed by atoms with Crippen molar-refractivity contribution < 1.29 is 9.59 Å². The molecular weight excluding hydrogens is 404 g/mol. The van der Waals surface area contributed by atoms with Crippen LogP contribution in [0, 0.1) is 0 Å². The van der Waals surface area contributed by atoms with Gasteiger partial charge in [-0.05, 0) is 24.3 Å². The Hall–Kier alpha value is -2.59. The first-order valence-corrected chi connectivity index (χ1v) is 11.3. The third-order valence-electron chi connectivity index (χ3n) is 5.64. The first kappa shape index (κ1) is 20.7. The van der Waals surface area contributed by atoms with Crippen LogP contribution in [0.4, 0.5) is 0 Å². The van der Waals surface area contributed by atoms with E-state index in [-0.39, 0.29) is 35.9 Å². The molecule has 2 amide bonds. The summed E-state index contributed by atoms with van der Waals surface area (Å²) in [6.07, 6.45) is 2.68. The van der Waals surface area contributed by atoms with Crippen LogP contribution in [0.5, 0.6) is 0 Å². The lowest BCUT2D eigenvalue weighted by atomic mass is 10.2. The van der Waals surface area contributed by atoms with E-state index in [9.17, 15) is 14.4 Å². The van der Waals surface area contributed by atoms with Gasteiger partial charge in [-0.2, -0.15) is 0 Å². The van der Waals surface area contributed by atoms with Crippen molar-refractivity contribution in [2.45, 2.75) is 25.7 Å². The van der Waals surface area contributed by atoms with E-state index in [0.717, 1.165) is 30.8 Å². The molecule has 0 aromatic carbocycles. The number of carbonyl (C=O) groups is 2. The van der Waals surface area contributed by atoms with Crippen molar-refractivity contribution >= 4 is 23.2 Å². The van der Waals surface area contributed by atoms with E-state index in [4.69, 9.17) is 0 Å². The van der Waals surface area contributed by atoms with Gasteiger partial charge in [0.1, 0.15) is 5.69 Å². The molecule has 160 valence electrons. The molecule has 30 heavy (non-hydrogen) atoms. The van der Waals surface area contributed by atoms with Crippen LogP contribution in [-0.4, -0.2) is 87.5 Å². The quantitative estimate of drug-likeness (QED) is 0.720. The molecule has 2 aliphatic rings. The second-order valence-corrected chi connectivity index (χ2v) is 8.62. The smallest absolute Gasteiger partial charge is 0.273 e. The van der Waals surface area contributed by atoms with Crippen LogP contribution < -0.4 is 5.56 Å². The number of hydrogen-bond acceptors (Lipinski definition) is 7. The molecule has 2 fully saturated rings. The number of aromatic amines is 1. The lowest BCUT2D eigenvalue weighted by molar-refractivity contribution is -0.134. The molecule has 2 aromatic heterocycles. The van der Waals surface area contributed by atoms with Gasteiger partial charge in [0.15, 0.2) is 5.82 Å². The standard InChI is InChI=1S/C20H26N6O3S/c27-17(6-5-15-20(29)21-19(23-22-15)16-4-3-13-30-16)26-11-9-24(10-12-26)14-18(28)25-7-1-2-8-25/h3-4,13H,1-2,5-12,14H2,(H,21,23,29). The van der Waals surface area contributed by atoms with E-state index >= 15 is 0 Å². The summed E-state index contributed by atoms with van der Waals surface area (Å²) < 4.78 is 0. The minimum absolute atomic E-state index is 0.00375. The maximum Gasteiger partial charge on any atom is 0.273 e. The van der Waals surface area contributed by atoms with Gasteiger partial charge in [0.25, 0.3) is 5.56 Å². The van der Waals surface area contributed by atoms with Gasteiger partial charge in [-0.15, -0.1) is 21.5 Å². The van der Waals surface area contributed by atoms with Crippen molar-refractivity contribution in [2.75, 3.05) is 45.8 Å². The van der Waals surface area contributed by atoms with Crippen molar-refractivity contribution in [1.29, 1.82) is 0 Å². The number of H-pyrrole nitrogens is 1. The van der Waals surface area contributed by atoms with Crippen molar-refractivity contribution in [3.8, 4) is 10.7 Å². The highest BCUT2D eigenvalue weighted by Crippen LogP contribution is 2.18. The highest BCUT2D eigenvalue weighted by molar-refractivity contribution is 7.13. The van der Waals surface area contributed by atoms with Crippen LogP contribution in [0.3, 0.4) is 0 Å². The van der Waals surface area contributed by atoms with Crippen LogP contribution in [0.2, 0.25) is 0 Å². The predicted molar refractivity (Wildman–Crippen MR) is 113 cm³/mol. The number of piperazine rings is 1. The minimum Gasteiger partial charge on any atom is -0.342 e. The van der Waals surface area contributed by atoms with E-state index in [1.165, 1.54) is 11.3 Å². The SMILES string of the molecule is O=C(CCc1nnc(-c2cccs2)[nH]c1=O)N1CCN(CC(=O)N2CCCC2)CC1. The van der Waals surface area contributed by atoms with Crippen molar-refractivity contribution in [3.63, 3.8) is 0 Å². The summed E-state index contributed by atoms with van der Waals surface area (Å²) in [5.74, 6) is 0.643. The zero-order valence-corrected chi connectivity index (χ0v) is 17.7. The fourth-order valence-corrected chi connectivity index (χ4v) is 4.51. The monoisotopic (exact) mass is 430 g/mol. The Balaban J connectivity index is 1.23. The van der Waals surface area contributed by atoms with Crippen LogP contribution in [-0.2, 0) is 16.0 Å². The predicted octanol–water partition coefficient (Wildman–Crippen LogP) is 0.593. The molecule has 0 atom stereocenters. The van der Waals surface area contributed by atoms with Gasteiger partial charge in [0.05, 0.1) is 11.4 Å². The molecule has 4 rings (SSSR count). The molecule has 4 heterocycles. The molecule has 0 aliphatic carbocycles. The fraction of sp³-hybridized carbons (Fsp3) is 0.550. The summed E-state index contributed by atoms with van der Waals surface area (Å²) in [6.45, 7) is 4.77. The highest BCUT2D eigenvalue weighted by atomic mass is 32.1. The second-order valence-electron chi connectivity index (χ2n) is 7.67. The molecule has 0 unspecified atom stereocenters. The Morgan fingerprint density at radius 3 is 2.40 bits per heavy atom. The largest absolute Gasteiger partial charge is 0.342 e. The van der Waals surface area contributed by atoms with E-state index in [1.807, 2.05) is 22.4 Å². The molecule has 2 aliphatic heterocycles. The maximum absolute atomic E-state index is 12.5. The summed E-state index contributed by atoms with van der Waals surface area (Å²) in [7, 11) is 0. The second kappa shape index (κ2) is 9.48. The molecule has 0 bridgehead atoms. The van der Waals surface area contributed by atoms with Crippen LogP contribution >= 0.6 is 11.3 Å². The number of carbonyl (C=O) groups excluding carboxylic acids is 2. The molecule has 0 spiro atoms. The van der Waals surface area contributed by atoms with E-state index in [1.54, 1.807) is 4.90 Å². The molecule has 1 N–H and O–H groups in total. The molecule has 10 heteroatoms. The molecular formula is C20H26N6O3S. The molecule has 0 saturated carbocycles. The summed E-state index contributed by atoms with van der Waals surface area (Å²) in [6, 6.07) is 3.75. The molecule has 0 radical (unpaired) electrons. The van der Waals surface area contributed by atoms with E-state index < -0.39 is 0 Å². The number of rotatable bonds is 6. The first-order valence-electron chi connectivity index (χ1n) is 10.4. The van der Waals surface area contributed by atoms with Gasteiger partial charge in [0, 0.05) is 52.1 Å². The molecule has 9 nitrogen and oxygen atoms in total. The summed E-state index contributed by atoms with van der Waals surface area (Å²) in [5.41, 5.74) is -0.0232. The Morgan fingerprint density at radius 2 is 1.73 bits per heavy atom. The third kappa shape index (κ3) is 4.93.